The van der Waals surface area contributed by atoms with E-state index in [0.29, 0.717) is 12.2 Å². The van der Waals surface area contributed by atoms with Gasteiger partial charge in [0.25, 0.3) is 0 Å². The number of carbonyl (C=O) groups is 1. The van der Waals surface area contributed by atoms with Crippen molar-refractivity contribution >= 4 is 21.9 Å². The molecule has 2 nitrogen and oxygen atoms in total. The lowest BCUT2D eigenvalue weighted by molar-refractivity contribution is -0.134. The minimum Gasteiger partial charge on any atom is -0.426 e. The van der Waals surface area contributed by atoms with Gasteiger partial charge < -0.3 is 4.74 Å². The Hall–Kier alpha value is -1.61. The topological polar surface area (TPSA) is 26.3 Å². The highest BCUT2D eigenvalue weighted by atomic mass is 79.9. The van der Waals surface area contributed by atoms with Crippen molar-refractivity contribution in [3.63, 3.8) is 0 Å². The highest BCUT2D eigenvalue weighted by molar-refractivity contribution is 9.08. The summed E-state index contributed by atoms with van der Waals surface area (Å²) in [6.45, 7) is 2.06. The zero-order valence-electron chi connectivity index (χ0n) is 12.1. The van der Waals surface area contributed by atoms with Crippen molar-refractivity contribution < 1.29 is 9.53 Å². The summed E-state index contributed by atoms with van der Waals surface area (Å²) < 4.78 is 5.51. The molecular formula is C18H19BrO2. The van der Waals surface area contributed by atoms with Crippen molar-refractivity contribution in [3.05, 3.63) is 54.1 Å². The van der Waals surface area contributed by atoms with Gasteiger partial charge in [0.05, 0.1) is 0 Å². The van der Waals surface area contributed by atoms with E-state index in [1.165, 1.54) is 5.56 Å². The summed E-state index contributed by atoms with van der Waals surface area (Å²) in [6, 6.07) is 15.9. The Bertz CT molecular complexity index is 590. The van der Waals surface area contributed by atoms with Gasteiger partial charge in [-0.2, -0.15) is 0 Å². The van der Waals surface area contributed by atoms with Gasteiger partial charge in [0, 0.05) is 17.3 Å². The predicted molar refractivity (Wildman–Crippen MR) is 89.7 cm³/mol. The maximum Gasteiger partial charge on any atom is 0.311 e. The van der Waals surface area contributed by atoms with Crippen LogP contribution >= 0.6 is 15.9 Å². The summed E-state index contributed by atoms with van der Waals surface area (Å²) in [7, 11) is 0. The SMILES string of the molecule is CCCCC(=O)Oc1ccccc1-c1ccc(CBr)cc1. The molecule has 0 saturated carbocycles. The first-order valence-corrected chi connectivity index (χ1v) is 8.31. The van der Waals surface area contributed by atoms with Crippen LogP contribution in [0.4, 0.5) is 0 Å². The van der Waals surface area contributed by atoms with E-state index in [9.17, 15) is 4.79 Å². The molecule has 0 atom stereocenters. The van der Waals surface area contributed by atoms with Crippen LogP contribution in [0.1, 0.15) is 31.7 Å². The molecule has 0 aromatic heterocycles. The molecule has 0 bridgehead atoms. The quantitative estimate of drug-likeness (QED) is 0.400. The van der Waals surface area contributed by atoms with Crippen LogP contribution in [0, 0.1) is 0 Å². The molecule has 2 aromatic carbocycles. The summed E-state index contributed by atoms with van der Waals surface area (Å²) in [4.78, 5) is 11.8. The average Bonchev–Trinajstić information content (AvgIpc) is 2.53. The molecule has 21 heavy (non-hydrogen) atoms. The van der Waals surface area contributed by atoms with E-state index in [1.54, 1.807) is 0 Å². The number of ether oxygens (including phenoxy) is 1. The second kappa shape index (κ2) is 7.99. The molecule has 110 valence electrons. The number of esters is 1. The molecule has 2 rings (SSSR count). The third-order valence-electron chi connectivity index (χ3n) is 3.26. The van der Waals surface area contributed by atoms with Crippen molar-refractivity contribution in [3.8, 4) is 16.9 Å². The monoisotopic (exact) mass is 346 g/mol. The molecule has 0 radical (unpaired) electrons. The van der Waals surface area contributed by atoms with Crippen molar-refractivity contribution in [2.75, 3.05) is 0 Å². The number of benzene rings is 2. The molecule has 0 N–H and O–H groups in total. The smallest absolute Gasteiger partial charge is 0.311 e. The zero-order chi connectivity index (χ0) is 15.1. The summed E-state index contributed by atoms with van der Waals surface area (Å²) in [5, 5.41) is 0.834. The van der Waals surface area contributed by atoms with Crippen LogP contribution in [0.2, 0.25) is 0 Å². The Morgan fingerprint density at radius 2 is 1.81 bits per heavy atom. The summed E-state index contributed by atoms with van der Waals surface area (Å²) in [5.74, 6) is 0.464. The third-order valence-corrected chi connectivity index (χ3v) is 3.91. The first kappa shape index (κ1) is 15.8. The molecule has 0 saturated heterocycles. The van der Waals surface area contributed by atoms with Gasteiger partial charge in [0.2, 0.25) is 0 Å². The molecular weight excluding hydrogens is 328 g/mol. The van der Waals surface area contributed by atoms with Crippen LogP contribution in [-0.2, 0) is 10.1 Å². The number of unbranched alkanes of at least 4 members (excludes halogenated alkanes) is 1. The van der Waals surface area contributed by atoms with Gasteiger partial charge in [-0.1, -0.05) is 71.7 Å². The second-order valence-electron chi connectivity index (χ2n) is 4.90. The van der Waals surface area contributed by atoms with Crippen LogP contribution < -0.4 is 4.74 Å². The van der Waals surface area contributed by atoms with E-state index in [0.717, 1.165) is 29.3 Å². The fourth-order valence-corrected chi connectivity index (χ4v) is 2.44. The summed E-state index contributed by atoms with van der Waals surface area (Å²) in [5.41, 5.74) is 3.22. The van der Waals surface area contributed by atoms with Gasteiger partial charge in [-0.05, 0) is 23.6 Å². The lowest BCUT2D eigenvalue weighted by atomic mass is 10.0. The van der Waals surface area contributed by atoms with Crippen LogP contribution in [-0.4, -0.2) is 5.97 Å². The van der Waals surface area contributed by atoms with Gasteiger partial charge in [0.15, 0.2) is 0 Å². The van der Waals surface area contributed by atoms with Crippen molar-refractivity contribution in [2.24, 2.45) is 0 Å². The van der Waals surface area contributed by atoms with Gasteiger partial charge in [-0.3, -0.25) is 4.79 Å². The Morgan fingerprint density at radius 3 is 2.48 bits per heavy atom. The fraction of sp³-hybridized carbons (Fsp3) is 0.278. The maximum atomic E-state index is 11.8. The molecule has 0 fully saturated rings. The zero-order valence-corrected chi connectivity index (χ0v) is 13.7. The summed E-state index contributed by atoms with van der Waals surface area (Å²) in [6.07, 6.45) is 2.32. The fourth-order valence-electron chi connectivity index (χ4n) is 2.06. The van der Waals surface area contributed by atoms with Crippen molar-refractivity contribution in [1.29, 1.82) is 0 Å². The number of hydrogen-bond acceptors (Lipinski definition) is 2. The van der Waals surface area contributed by atoms with Crippen molar-refractivity contribution in [2.45, 2.75) is 31.5 Å². The number of hydrogen-bond donors (Lipinski definition) is 0. The normalized spacial score (nSPS) is 10.4. The Labute approximate surface area is 134 Å². The largest absolute Gasteiger partial charge is 0.426 e. The molecule has 0 amide bonds. The van der Waals surface area contributed by atoms with Gasteiger partial charge in [0.1, 0.15) is 5.75 Å². The Morgan fingerprint density at radius 1 is 1.10 bits per heavy atom. The van der Waals surface area contributed by atoms with E-state index >= 15 is 0 Å². The number of alkyl halides is 1. The molecule has 0 spiro atoms. The standard InChI is InChI=1S/C18H19BrO2/c1-2-3-8-18(20)21-17-7-5-4-6-16(17)15-11-9-14(13-19)10-12-15/h4-7,9-12H,2-3,8,13H2,1H3. The molecule has 2 aromatic rings. The second-order valence-corrected chi connectivity index (χ2v) is 5.47. The number of halogens is 1. The predicted octanol–water partition coefficient (Wildman–Crippen LogP) is 5.34. The Kier molecular flexibility index (Phi) is 6.00. The Balaban J connectivity index is 2.21. The molecule has 0 aliphatic carbocycles. The van der Waals surface area contributed by atoms with Crippen LogP contribution in [0.25, 0.3) is 11.1 Å². The maximum absolute atomic E-state index is 11.8. The van der Waals surface area contributed by atoms with Gasteiger partial charge >= 0.3 is 5.97 Å². The van der Waals surface area contributed by atoms with Crippen molar-refractivity contribution in [1.82, 2.24) is 0 Å². The minimum atomic E-state index is -0.165. The van der Waals surface area contributed by atoms with Crippen LogP contribution in [0.5, 0.6) is 5.75 Å². The van der Waals surface area contributed by atoms with E-state index < -0.39 is 0 Å². The van der Waals surface area contributed by atoms with Gasteiger partial charge in [-0.15, -0.1) is 0 Å². The number of carbonyl (C=O) groups excluding carboxylic acids is 1. The summed E-state index contributed by atoms with van der Waals surface area (Å²) >= 11 is 3.44. The van der Waals surface area contributed by atoms with Crippen LogP contribution in [0.3, 0.4) is 0 Å². The van der Waals surface area contributed by atoms with E-state index in [1.807, 2.05) is 24.3 Å². The third kappa shape index (κ3) is 4.43. The number of rotatable bonds is 6. The van der Waals surface area contributed by atoms with E-state index in [-0.39, 0.29) is 5.97 Å². The molecule has 0 heterocycles. The highest BCUT2D eigenvalue weighted by Gasteiger charge is 2.10. The lowest BCUT2D eigenvalue weighted by Gasteiger charge is -2.10. The molecule has 0 unspecified atom stereocenters. The minimum absolute atomic E-state index is 0.165. The van der Waals surface area contributed by atoms with Gasteiger partial charge in [-0.25, -0.2) is 0 Å². The van der Waals surface area contributed by atoms with E-state index in [2.05, 4.69) is 47.1 Å². The average molecular weight is 347 g/mol. The first-order chi connectivity index (χ1) is 10.2. The molecule has 3 heteroatoms. The number of para-hydroxylation sites is 1. The lowest BCUT2D eigenvalue weighted by Crippen LogP contribution is -2.08. The highest BCUT2D eigenvalue weighted by Crippen LogP contribution is 2.30. The molecule has 0 aliphatic rings. The first-order valence-electron chi connectivity index (χ1n) is 7.19. The van der Waals surface area contributed by atoms with E-state index in [4.69, 9.17) is 4.74 Å². The van der Waals surface area contributed by atoms with Crippen LogP contribution in [0.15, 0.2) is 48.5 Å². The molecule has 0 aliphatic heterocycles.